The van der Waals surface area contributed by atoms with Gasteiger partial charge in [-0.25, -0.2) is 4.39 Å². The Morgan fingerprint density at radius 1 is 1.37 bits per heavy atom. The molecule has 106 valence electrons. The van der Waals surface area contributed by atoms with Gasteiger partial charge in [-0.2, -0.15) is 0 Å². The quantitative estimate of drug-likeness (QED) is 0.723. The van der Waals surface area contributed by atoms with Crippen molar-refractivity contribution in [1.29, 1.82) is 0 Å². The molecule has 0 radical (unpaired) electrons. The van der Waals surface area contributed by atoms with Gasteiger partial charge in [-0.3, -0.25) is 4.79 Å². The van der Waals surface area contributed by atoms with Crippen LogP contribution in [-0.2, 0) is 0 Å². The number of halogens is 2. The van der Waals surface area contributed by atoms with Crippen molar-refractivity contribution in [2.75, 3.05) is 0 Å². The zero-order chi connectivity index (χ0) is 14.3. The van der Waals surface area contributed by atoms with Crippen LogP contribution in [0.4, 0.5) is 4.39 Å². The molecule has 0 fully saturated rings. The highest BCUT2D eigenvalue weighted by molar-refractivity contribution is 9.10. The Kier molecular flexibility index (Phi) is 7.06. The van der Waals surface area contributed by atoms with Gasteiger partial charge in [-0.1, -0.05) is 48.5 Å². The fourth-order valence-corrected chi connectivity index (χ4v) is 2.26. The van der Waals surface area contributed by atoms with Crippen LogP contribution in [-0.4, -0.2) is 11.9 Å². The molecule has 0 bridgehead atoms. The Balaban J connectivity index is 2.45. The molecule has 1 rings (SSSR count). The standard InChI is InChI=1S/C15H21BrFNO/c1-3-4-5-6-7-11(2)18-15(19)13-9-8-12(16)10-14(13)17/h8-11H,3-7H2,1-2H3,(H,18,19). The van der Waals surface area contributed by atoms with E-state index in [1.807, 2.05) is 6.92 Å². The van der Waals surface area contributed by atoms with Crippen molar-refractivity contribution in [3.8, 4) is 0 Å². The molecule has 0 aliphatic rings. The lowest BCUT2D eigenvalue weighted by atomic mass is 10.1. The minimum Gasteiger partial charge on any atom is -0.349 e. The Morgan fingerprint density at radius 3 is 2.74 bits per heavy atom. The number of hydrogen-bond acceptors (Lipinski definition) is 1. The van der Waals surface area contributed by atoms with Gasteiger partial charge in [-0.15, -0.1) is 0 Å². The van der Waals surface area contributed by atoms with Crippen molar-refractivity contribution in [2.24, 2.45) is 0 Å². The smallest absolute Gasteiger partial charge is 0.254 e. The van der Waals surface area contributed by atoms with Gasteiger partial charge in [0.2, 0.25) is 0 Å². The molecule has 1 atom stereocenters. The van der Waals surface area contributed by atoms with Crippen molar-refractivity contribution in [3.05, 3.63) is 34.1 Å². The van der Waals surface area contributed by atoms with Gasteiger partial charge in [0.15, 0.2) is 0 Å². The second-order valence-electron chi connectivity index (χ2n) is 4.85. The monoisotopic (exact) mass is 329 g/mol. The SMILES string of the molecule is CCCCCCC(C)NC(=O)c1ccc(Br)cc1F. The van der Waals surface area contributed by atoms with Gasteiger partial charge < -0.3 is 5.32 Å². The lowest BCUT2D eigenvalue weighted by Gasteiger charge is -2.14. The first-order valence-corrected chi connectivity index (χ1v) is 7.59. The topological polar surface area (TPSA) is 29.1 Å². The summed E-state index contributed by atoms with van der Waals surface area (Å²) in [5, 5.41) is 2.84. The van der Waals surface area contributed by atoms with E-state index in [-0.39, 0.29) is 17.5 Å². The highest BCUT2D eigenvalue weighted by atomic mass is 79.9. The molecular formula is C15H21BrFNO. The molecule has 1 unspecified atom stereocenters. The number of rotatable bonds is 7. The summed E-state index contributed by atoms with van der Waals surface area (Å²) in [4.78, 5) is 11.9. The van der Waals surface area contributed by atoms with Gasteiger partial charge >= 0.3 is 0 Å². The van der Waals surface area contributed by atoms with E-state index >= 15 is 0 Å². The third-order valence-corrected chi connectivity index (χ3v) is 3.54. The van der Waals surface area contributed by atoms with Gasteiger partial charge in [0, 0.05) is 10.5 Å². The number of carbonyl (C=O) groups is 1. The van der Waals surface area contributed by atoms with E-state index in [9.17, 15) is 9.18 Å². The summed E-state index contributed by atoms with van der Waals surface area (Å²) in [6.07, 6.45) is 5.64. The van der Waals surface area contributed by atoms with Crippen molar-refractivity contribution >= 4 is 21.8 Å². The number of nitrogens with one attached hydrogen (secondary N) is 1. The summed E-state index contributed by atoms with van der Waals surface area (Å²) in [6.45, 7) is 4.13. The molecule has 4 heteroatoms. The van der Waals surface area contributed by atoms with Gasteiger partial charge in [0.1, 0.15) is 5.82 Å². The number of carbonyl (C=O) groups excluding carboxylic acids is 1. The summed E-state index contributed by atoms with van der Waals surface area (Å²) >= 11 is 3.17. The molecule has 1 aromatic carbocycles. The highest BCUT2D eigenvalue weighted by Gasteiger charge is 2.14. The second-order valence-corrected chi connectivity index (χ2v) is 5.76. The lowest BCUT2D eigenvalue weighted by Crippen LogP contribution is -2.33. The predicted molar refractivity (Wildman–Crippen MR) is 79.8 cm³/mol. The molecule has 1 aromatic rings. The second kappa shape index (κ2) is 8.31. The zero-order valence-electron chi connectivity index (χ0n) is 11.5. The summed E-state index contributed by atoms with van der Waals surface area (Å²) in [5.74, 6) is -0.835. The van der Waals surface area contributed by atoms with Crippen LogP contribution in [0.15, 0.2) is 22.7 Å². The van der Waals surface area contributed by atoms with Gasteiger partial charge in [0.25, 0.3) is 5.91 Å². The molecule has 0 spiro atoms. The summed E-state index contributed by atoms with van der Waals surface area (Å²) in [5.41, 5.74) is 0.101. The molecule has 19 heavy (non-hydrogen) atoms. The molecule has 0 aliphatic carbocycles. The summed E-state index contributed by atoms with van der Waals surface area (Å²) in [6, 6.07) is 4.55. The Bertz CT molecular complexity index is 423. The fraction of sp³-hybridized carbons (Fsp3) is 0.533. The van der Waals surface area contributed by atoms with E-state index in [0.717, 1.165) is 12.8 Å². The molecule has 0 saturated heterocycles. The van der Waals surface area contributed by atoms with Crippen LogP contribution in [0.2, 0.25) is 0 Å². The largest absolute Gasteiger partial charge is 0.349 e. The highest BCUT2D eigenvalue weighted by Crippen LogP contribution is 2.15. The average molecular weight is 330 g/mol. The van der Waals surface area contributed by atoms with Crippen LogP contribution in [0.1, 0.15) is 56.3 Å². The first-order valence-electron chi connectivity index (χ1n) is 6.80. The molecule has 0 saturated carbocycles. The first-order chi connectivity index (χ1) is 9.04. The molecule has 1 amide bonds. The molecule has 2 nitrogen and oxygen atoms in total. The van der Waals surface area contributed by atoms with E-state index in [1.54, 1.807) is 6.07 Å². The lowest BCUT2D eigenvalue weighted by molar-refractivity contribution is 0.0934. The van der Waals surface area contributed by atoms with Crippen LogP contribution in [0.25, 0.3) is 0 Å². The van der Waals surface area contributed by atoms with Crippen LogP contribution >= 0.6 is 15.9 Å². The maximum atomic E-state index is 13.6. The fourth-order valence-electron chi connectivity index (χ4n) is 1.92. The maximum Gasteiger partial charge on any atom is 0.254 e. The summed E-state index contributed by atoms with van der Waals surface area (Å²) in [7, 11) is 0. The van der Waals surface area contributed by atoms with E-state index < -0.39 is 5.82 Å². The number of amides is 1. The third-order valence-electron chi connectivity index (χ3n) is 3.04. The molecule has 0 aliphatic heterocycles. The van der Waals surface area contributed by atoms with Crippen molar-refractivity contribution in [2.45, 2.75) is 52.0 Å². The van der Waals surface area contributed by atoms with Crippen molar-refractivity contribution in [3.63, 3.8) is 0 Å². The Hall–Kier alpha value is -0.900. The van der Waals surface area contributed by atoms with Crippen LogP contribution in [0.5, 0.6) is 0 Å². The predicted octanol–water partition coefficient (Wildman–Crippen LogP) is 4.68. The van der Waals surface area contributed by atoms with Crippen LogP contribution in [0.3, 0.4) is 0 Å². The number of benzene rings is 1. The maximum absolute atomic E-state index is 13.6. The zero-order valence-corrected chi connectivity index (χ0v) is 13.1. The molecule has 0 heterocycles. The van der Waals surface area contributed by atoms with Gasteiger partial charge in [0.05, 0.1) is 5.56 Å². The Morgan fingerprint density at radius 2 is 2.11 bits per heavy atom. The number of unbranched alkanes of at least 4 members (excludes halogenated alkanes) is 3. The number of hydrogen-bond donors (Lipinski definition) is 1. The minimum absolute atomic E-state index is 0.0763. The molecule has 1 N–H and O–H groups in total. The van der Waals surface area contributed by atoms with E-state index in [1.165, 1.54) is 31.4 Å². The normalized spacial score (nSPS) is 12.2. The summed E-state index contributed by atoms with van der Waals surface area (Å²) < 4.78 is 14.2. The molecular weight excluding hydrogens is 309 g/mol. The van der Waals surface area contributed by atoms with Crippen LogP contribution in [0, 0.1) is 5.82 Å². The third kappa shape index (κ3) is 5.72. The van der Waals surface area contributed by atoms with Crippen molar-refractivity contribution < 1.29 is 9.18 Å². The van der Waals surface area contributed by atoms with E-state index in [2.05, 4.69) is 28.2 Å². The van der Waals surface area contributed by atoms with Gasteiger partial charge in [-0.05, 0) is 31.5 Å². The van der Waals surface area contributed by atoms with E-state index in [4.69, 9.17) is 0 Å². The molecule has 0 aromatic heterocycles. The van der Waals surface area contributed by atoms with Crippen LogP contribution < -0.4 is 5.32 Å². The minimum atomic E-state index is -0.495. The van der Waals surface area contributed by atoms with Crippen molar-refractivity contribution in [1.82, 2.24) is 5.32 Å². The van der Waals surface area contributed by atoms with E-state index in [0.29, 0.717) is 4.47 Å². The first kappa shape index (κ1) is 16.2. The average Bonchev–Trinajstić information content (AvgIpc) is 2.34. The Labute approximate surface area is 122 Å².